The fourth-order valence-electron chi connectivity index (χ4n) is 2.08. The first-order chi connectivity index (χ1) is 10.8. The third kappa shape index (κ3) is 7.59. The van der Waals surface area contributed by atoms with Crippen LogP contribution in [0.2, 0.25) is 0 Å². The summed E-state index contributed by atoms with van der Waals surface area (Å²) in [5.41, 5.74) is -0.197. The third-order valence-corrected chi connectivity index (χ3v) is 3.80. The van der Waals surface area contributed by atoms with Crippen molar-refractivity contribution < 1.29 is 18.7 Å². The van der Waals surface area contributed by atoms with E-state index in [2.05, 4.69) is 35.1 Å². The average Bonchev–Trinajstić information content (AvgIpc) is 2.46. The predicted molar refractivity (Wildman–Crippen MR) is 90.7 cm³/mol. The van der Waals surface area contributed by atoms with Crippen molar-refractivity contribution in [3.05, 3.63) is 34.1 Å². The zero-order valence-corrected chi connectivity index (χ0v) is 15.3. The lowest BCUT2D eigenvalue weighted by molar-refractivity contribution is -0.124. The van der Waals surface area contributed by atoms with Crippen LogP contribution >= 0.6 is 15.9 Å². The smallest absolute Gasteiger partial charge is 0.341 e. The number of esters is 1. The van der Waals surface area contributed by atoms with Gasteiger partial charge in [0.1, 0.15) is 5.82 Å². The second-order valence-electron chi connectivity index (χ2n) is 5.99. The van der Waals surface area contributed by atoms with Gasteiger partial charge in [0.05, 0.1) is 5.56 Å². The first-order valence-corrected chi connectivity index (χ1v) is 8.50. The van der Waals surface area contributed by atoms with E-state index in [-0.39, 0.29) is 17.5 Å². The molecule has 1 amide bonds. The fraction of sp³-hybridized carbons (Fsp3) is 0.529. The SMILES string of the molecule is CC(C)CCCC(C)NC(=O)COC(=O)c1cc(Br)ccc1F. The van der Waals surface area contributed by atoms with E-state index in [0.29, 0.717) is 10.4 Å². The quantitative estimate of drug-likeness (QED) is 0.683. The van der Waals surface area contributed by atoms with Crippen molar-refractivity contribution in [2.45, 2.75) is 46.1 Å². The minimum atomic E-state index is -0.855. The first kappa shape index (κ1) is 19.6. The summed E-state index contributed by atoms with van der Waals surface area (Å²) < 4.78 is 19.0. The van der Waals surface area contributed by atoms with E-state index in [1.165, 1.54) is 12.1 Å². The standard InChI is InChI=1S/C17H23BrFNO3/c1-11(2)5-4-6-12(3)20-16(21)10-23-17(22)14-9-13(18)7-8-15(14)19/h7-9,11-12H,4-6,10H2,1-3H3,(H,20,21). The van der Waals surface area contributed by atoms with Crippen molar-refractivity contribution in [3.8, 4) is 0 Å². The highest BCUT2D eigenvalue weighted by Gasteiger charge is 2.16. The lowest BCUT2D eigenvalue weighted by Crippen LogP contribution is -2.35. The Morgan fingerprint density at radius 1 is 1.26 bits per heavy atom. The number of rotatable bonds is 8. The Labute approximate surface area is 144 Å². The van der Waals surface area contributed by atoms with Crippen LogP contribution in [0.15, 0.2) is 22.7 Å². The molecule has 6 heteroatoms. The minimum Gasteiger partial charge on any atom is -0.452 e. The summed E-state index contributed by atoms with van der Waals surface area (Å²) in [5.74, 6) is -1.28. The molecule has 0 aromatic heterocycles. The molecular weight excluding hydrogens is 365 g/mol. The van der Waals surface area contributed by atoms with Crippen molar-refractivity contribution >= 4 is 27.8 Å². The van der Waals surface area contributed by atoms with Crippen LogP contribution in [0.25, 0.3) is 0 Å². The van der Waals surface area contributed by atoms with Gasteiger partial charge in [0.2, 0.25) is 0 Å². The van der Waals surface area contributed by atoms with Gasteiger partial charge < -0.3 is 10.1 Å². The van der Waals surface area contributed by atoms with Crippen LogP contribution in [0, 0.1) is 11.7 Å². The molecule has 0 saturated carbocycles. The predicted octanol–water partition coefficient (Wildman–Crippen LogP) is 4.08. The van der Waals surface area contributed by atoms with Crippen LogP contribution in [0.4, 0.5) is 4.39 Å². The summed E-state index contributed by atoms with van der Waals surface area (Å²) in [5, 5.41) is 2.77. The van der Waals surface area contributed by atoms with Crippen LogP contribution < -0.4 is 5.32 Å². The third-order valence-electron chi connectivity index (χ3n) is 3.31. The van der Waals surface area contributed by atoms with Gasteiger partial charge in [-0.05, 0) is 37.5 Å². The highest BCUT2D eigenvalue weighted by molar-refractivity contribution is 9.10. The summed E-state index contributed by atoms with van der Waals surface area (Å²) >= 11 is 3.16. The van der Waals surface area contributed by atoms with Crippen molar-refractivity contribution in [2.24, 2.45) is 5.92 Å². The number of amides is 1. The number of ether oxygens (including phenoxy) is 1. The molecule has 0 radical (unpaired) electrons. The number of benzene rings is 1. The molecule has 0 bridgehead atoms. The van der Waals surface area contributed by atoms with E-state index in [0.717, 1.165) is 25.3 Å². The molecule has 1 N–H and O–H groups in total. The molecule has 0 aliphatic carbocycles. The molecule has 0 saturated heterocycles. The van der Waals surface area contributed by atoms with Crippen molar-refractivity contribution in [3.63, 3.8) is 0 Å². The van der Waals surface area contributed by atoms with Gasteiger partial charge >= 0.3 is 5.97 Å². The maximum Gasteiger partial charge on any atom is 0.341 e. The van der Waals surface area contributed by atoms with Crippen LogP contribution in [-0.4, -0.2) is 24.5 Å². The Balaban J connectivity index is 2.38. The van der Waals surface area contributed by atoms with Crippen LogP contribution in [0.1, 0.15) is 50.4 Å². The van der Waals surface area contributed by atoms with Gasteiger partial charge in [-0.25, -0.2) is 9.18 Å². The Bertz CT molecular complexity index is 549. The molecule has 23 heavy (non-hydrogen) atoms. The first-order valence-electron chi connectivity index (χ1n) is 7.71. The van der Waals surface area contributed by atoms with Gasteiger partial charge in [-0.15, -0.1) is 0 Å². The Kier molecular flexibility index (Phi) is 8.23. The van der Waals surface area contributed by atoms with E-state index in [1.807, 2.05) is 6.92 Å². The van der Waals surface area contributed by atoms with E-state index in [9.17, 15) is 14.0 Å². The maximum absolute atomic E-state index is 13.5. The van der Waals surface area contributed by atoms with Gasteiger partial charge in [0.15, 0.2) is 6.61 Å². The summed E-state index contributed by atoms with van der Waals surface area (Å²) in [6.07, 6.45) is 3.01. The lowest BCUT2D eigenvalue weighted by atomic mass is 10.0. The van der Waals surface area contributed by atoms with Crippen molar-refractivity contribution in [2.75, 3.05) is 6.61 Å². The number of nitrogens with one attached hydrogen (secondary N) is 1. The molecule has 4 nitrogen and oxygen atoms in total. The second kappa shape index (κ2) is 9.65. The Morgan fingerprint density at radius 2 is 1.96 bits per heavy atom. The van der Waals surface area contributed by atoms with Crippen LogP contribution in [0.5, 0.6) is 0 Å². The summed E-state index contributed by atoms with van der Waals surface area (Å²) in [6.45, 7) is 5.81. The second-order valence-corrected chi connectivity index (χ2v) is 6.91. The molecule has 128 valence electrons. The molecule has 1 unspecified atom stereocenters. The van der Waals surface area contributed by atoms with E-state index < -0.39 is 18.4 Å². The van der Waals surface area contributed by atoms with Gasteiger partial charge in [-0.3, -0.25) is 4.79 Å². The number of carbonyl (C=O) groups is 2. The average molecular weight is 388 g/mol. The molecule has 0 heterocycles. The molecule has 1 aromatic carbocycles. The molecule has 1 aromatic rings. The zero-order valence-electron chi connectivity index (χ0n) is 13.7. The van der Waals surface area contributed by atoms with Crippen LogP contribution in [-0.2, 0) is 9.53 Å². The normalized spacial score (nSPS) is 12.1. The maximum atomic E-state index is 13.5. The molecule has 0 aliphatic heterocycles. The molecule has 1 atom stereocenters. The summed E-state index contributed by atoms with van der Waals surface area (Å²) in [6, 6.07) is 3.99. The molecule has 0 aliphatic rings. The topological polar surface area (TPSA) is 55.4 Å². The van der Waals surface area contributed by atoms with Crippen molar-refractivity contribution in [1.29, 1.82) is 0 Å². The van der Waals surface area contributed by atoms with E-state index in [4.69, 9.17) is 4.74 Å². The minimum absolute atomic E-state index is 0.0163. The van der Waals surface area contributed by atoms with Crippen molar-refractivity contribution in [1.82, 2.24) is 5.32 Å². The van der Waals surface area contributed by atoms with Gasteiger partial charge in [-0.1, -0.05) is 42.6 Å². The van der Waals surface area contributed by atoms with Crippen LogP contribution in [0.3, 0.4) is 0 Å². The van der Waals surface area contributed by atoms with Gasteiger partial charge in [-0.2, -0.15) is 0 Å². The highest BCUT2D eigenvalue weighted by atomic mass is 79.9. The molecular formula is C17H23BrFNO3. The van der Waals surface area contributed by atoms with Gasteiger partial charge in [0, 0.05) is 10.5 Å². The number of halogens is 2. The summed E-state index contributed by atoms with van der Waals surface area (Å²) in [7, 11) is 0. The Morgan fingerprint density at radius 3 is 2.61 bits per heavy atom. The van der Waals surface area contributed by atoms with E-state index >= 15 is 0 Å². The number of hydrogen-bond donors (Lipinski definition) is 1. The zero-order chi connectivity index (χ0) is 17.4. The molecule has 0 spiro atoms. The Hall–Kier alpha value is -1.43. The highest BCUT2D eigenvalue weighted by Crippen LogP contribution is 2.16. The molecule has 0 fully saturated rings. The summed E-state index contributed by atoms with van der Waals surface area (Å²) in [4.78, 5) is 23.5. The number of carbonyl (C=O) groups excluding carboxylic acids is 2. The van der Waals surface area contributed by atoms with E-state index in [1.54, 1.807) is 0 Å². The number of hydrogen-bond acceptors (Lipinski definition) is 3. The monoisotopic (exact) mass is 387 g/mol. The largest absolute Gasteiger partial charge is 0.452 e. The fourth-order valence-corrected chi connectivity index (χ4v) is 2.44. The lowest BCUT2D eigenvalue weighted by Gasteiger charge is -2.14. The van der Waals surface area contributed by atoms with Gasteiger partial charge in [0.25, 0.3) is 5.91 Å². The molecule has 1 rings (SSSR count).